The quantitative estimate of drug-likeness (QED) is 0.822. The number of rotatable bonds is 5. The van der Waals surface area contributed by atoms with Crippen LogP contribution in [0.15, 0.2) is 28.8 Å². The lowest BCUT2D eigenvalue weighted by Crippen LogP contribution is -2.34. The van der Waals surface area contributed by atoms with Crippen molar-refractivity contribution in [1.82, 2.24) is 10.5 Å². The van der Waals surface area contributed by atoms with E-state index >= 15 is 0 Å². The van der Waals surface area contributed by atoms with Gasteiger partial charge >= 0.3 is 0 Å². The van der Waals surface area contributed by atoms with Crippen molar-refractivity contribution in [3.8, 4) is 5.75 Å². The summed E-state index contributed by atoms with van der Waals surface area (Å²) in [4.78, 5) is 12.4. The highest BCUT2D eigenvalue weighted by atomic mass is 16.5. The van der Waals surface area contributed by atoms with Crippen molar-refractivity contribution in [2.24, 2.45) is 0 Å². The number of aryl methyl sites for hydroxylation is 2. The van der Waals surface area contributed by atoms with Crippen molar-refractivity contribution >= 4 is 5.91 Å². The van der Waals surface area contributed by atoms with E-state index in [2.05, 4.69) is 10.5 Å². The predicted octanol–water partition coefficient (Wildman–Crippen LogP) is 4.32. The van der Waals surface area contributed by atoms with Crippen LogP contribution in [0.2, 0.25) is 0 Å². The molecule has 1 amide bonds. The van der Waals surface area contributed by atoms with Crippen molar-refractivity contribution in [1.29, 1.82) is 0 Å². The lowest BCUT2D eigenvalue weighted by atomic mass is 10.1. The summed E-state index contributed by atoms with van der Waals surface area (Å²) in [7, 11) is 0. The van der Waals surface area contributed by atoms with Gasteiger partial charge in [-0.05, 0) is 51.0 Å². The van der Waals surface area contributed by atoms with Crippen molar-refractivity contribution in [3.63, 3.8) is 0 Å². The molecule has 134 valence electrons. The molecular formula is C20H26N2O3. The minimum Gasteiger partial charge on any atom is -0.489 e. The van der Waals surface area contributed by atoms with Gasteiger partial charge in [-0.1, -0.05) is 30.8 Å². The van der Waals surface area contributed by atoms with Crippen LogP contribution in [0.3, 0.4) is 0 Å². The summed E-state index contributed by atoms with van der Waals surface area (Å²) in [6.45, 7) is 4.19. The van der Waals surface area contributed by atoms with E-state index in [-0.39, 0.29) is 5.91 Å². The number of hydrogen-bond donors (Lipinski definition) is 1. The first-order valence-corrected chi connectivity index (χ1v) is 9.09. The molecule has 5 nitrogen and oxygen atoms in total. The van der Waals surface area contributed by atoms with Gasteiger partial charge in [0.1, 0.15) is 18.1 Å². The maximum atomic E-state index is 12.4. The number of amides is 1. The normalized spacial score (nSPS) is 15.6. The zero-order valence-corrected chi connectivity index (χ0v) is 15.0. The maximum Gasteiger partial charge on any atom is 0.251 e. The molecule has 2 aromatic rings. The molecule has 0 bridgehead atoms. The highest BCUT2D eigenvalue weighted by Crippen LogP contribution is 2.20. The fourth-order valence-corrected chi connectivity index (χ4v) is 3.26. The Kier molecular flexibility index (Phi) is 5.74. The minimum absolute atomic E-state index is 0.00386. The molecule has 3 rings (SSSR count). The Morgan fingerprint density at radius 3 is 2.44 bits per heavy atom. The molecule has 1 aromatic carbocycles. The number of carbonyl (C=O) groups excluding carboxylic acids is 1. The molecular weight excluding hydrogens is 316 g/mol. The van der Waals surface area contributed by atoms with E-state index in [1.165, 1.54) is 25.7 Å². The first-order chi connectivity index (χ1) is 12.1. The molecule has 0 aliphatic heterocycles. The van der Waals surface area contributed by atoms with Gasteiger partial charge in [0.2, 0.25) is 0 Å². The second kappa shape index (κ2) is 8.19. The van der Waals surface area contributed by atoms with Crippen LogP contribution in [-0.4, -0.2) is 17.1 Å². The van der Waals surface area contributed by atoms with E-state index < -0.39 is 0 Å². The summed E-state index contributed by atoms with van der Waals surface area (Å²) in [6.07, 6.45) is 7.15. The van der Waals surface area contributed by atoms with Gasteiger partial charge in [0.15, 0.2) is 0 Å². The molecule has 0 saturated heterocycles. The summed E-state index contributed by atoms with van der Waals surface area (Å²) in [5, 5.41) is 7.08. The zero-order chi connectivity index (χ0) is 17.6. The fourth-order valence-electron chi connectivity index (χ4n) is 3.26. The molecule has 0 spiro atoms. The van der Waals surface area contributed by atoms with E-state index in [1.807, 2.05) is 38.1 Å². The number of nitrogens with one attached hydrogen (secondary N) is 1. The van der Waals surface area contributed by atoms with E-state index in [1.54, 1.807) is 0 Å². The van der Waals surface area contributed by atoms with Crippen LogP contribution in [0.4, 0.5) is 0 Å². The monoisotopic (exact) mass is 342 g/mol. The highest BCUT2D eigenvalue weighted by molar-refractivity contribution is 5.94. The number of hydrogen-bond acceptors (Lipinski definition) is 4. The third kappa shape index (κ3) is 4.62. The second-order valence-corrected chi connectivity index (χ2v) is 6.78. The molecule has 5 heteroatoms. The van der Waals surface area contributed by atoms with Gasteiger partial charge in [-0.25, -0.2) is 0 Å². The van der Waals surface area contributed by atoms with Crippen LogP contribution in [0.5, 0.6) is 5.75 Å². The summed E-state index contributed by atoms with van der Waals surface area (Å²) in [5.74, 6) is 1.51. The smallest absolute Gasteiger partial charge is 0.251 e. The van der Waals surface area contributed by atoms with Crippen molar-refractivity contribution < 1.29 is 14.1 Å². The second-order valence-electron chi connectivity index (χ2n) is 6.78. The number of ether oxygens (including phenoxy) is 1. The summed E-state index contributed by atoms with van der Waals surface area (Å²) in [6, 6.07) is 7.61. The average molecular weight is 342 g/mol. The molecule has 1 aliphatic rings. The van der Waals surface area contributed by atoms with Crippen molar-refractivity contribution in [2.75, 3.05) is 0 Å². The Morgan fingerprint density at radius 1 is 1.16 bits per heavy atom. The number of benzene rings is 1. The Hall–Kier alpha value is -2.30. The predicted molar refractivity (Wildman–Crippen MR) is 95.7 cm³/mol. The molecule has 1 aliphatic carbocycles. The molecule has 1 saturated carbocycles. The van der Waals surface area contributed by atoms with E-state index in [0.717, 1.165) is 35.6 Å². The molecule has 0 radical (unpaired) electrons. The molecule has 1 aromatic heterocycles. The van der Waals surface area contributed by atoms with Crippen LogP contribution < -0.4 is 10.1 Å². The fraction of sp³-hybridized carbons (Fsp3) is 0.500. The molecule has 1 heterocycles. The van der Waals surface area contributed by atoms with E-state index in [0.29, 0.717) is 18.2 Å². The van der Waals surface area contributed by atoms with Gasteiger partial charge in [-0.15, -0.1) is 0 Å². The standard InChI is InChI=1S/C20H26N2O3/c1-14-19(15(2)25-22-14)13-24-18-11-9-16(10-12-18)20(23)21-17-7-5-3-4-6-8-17/h9-12,17H,3-8,13H2,1-2H3,(H,21,23). The number of nitrogens with zero attached hydrogens (tertiary/aromatic N) is 1. The van der Waals surface area contributed by atoms with Crippen LogP contribution in [0.1, 0.15) is 65.9 Å². The van der Waals surface area contributed by atoms with Crippen LogP contribution in [-0.2, 0) is 6.61 Å². The SMILES string of the molecule is Cc1noc(C)c1COc1ccc(C(=O)NC2CCCCCC2)cc1. The van der Waals surface area contributed by atoms with Gasteiger partial charge in [0.25, 0.3) is 5.91 Å². The Balaban J connectivity index is 1.55. The largest absolute Gasteiger partial charge is 0.489 e. The molecule has 0 atom stereocenters. The van der Waals surface area contributed by atoms with Gasteiger partial charge in [-0.2, -0.15) is 0 Å². The van der Waals surface area contributed by atoms with Crippen LogP contribution in [0, 0.1) is 13.8 Å². The van der Waals surface area contributed by atoms with Crippen LogP contribution >= 0.6 is 0 Å². The first kappa shape index (κ1) is 17.5. The Bertz CT molecular complexity index is 679. The minimum atomic E-state index is 0.00386. The van der Waals surface area contributed by atoms with Gasteiger partial charge in [0.05, 0.1) is 11.3 Å². The zero-order valence-electron chi connectivity index (χ0n) is 15.0. The Morgan fingerprint density at radius 2 is 1.84 bits per heavy atom. The average Bonchev–Trinajstić information content (AvgIpc) is 2.80. The number of aromatic nitrogens is 1. The topological polar surface area (TPSA) is 64.4 Å². The van der Waals surface area contributed by atoms with Crippen LogP contribution in [0.25, 0.3) is 0 Å². The molecule has 0 unspecified atom stereocenters. The van der Waals surface area contributed by atoms with Crippen molar-refractivity contribution in [3.05, 3.63) is 46.8 Å². The third-order valence-corrected chi connectivity index (χ3v) is 4.87. The maximum absolute atomic E-state index is 12.4. The lowest BCUT2D eigenvalue weighted by molar-refractivity contribution is 0.0933. The molecule has 25 heavy (non-hydrogen) atoms. The van der Waals surface area contributed by atoms with E-state index in [4.69, 9.17) is 9.26 Å². The molecule has 1 fully saturated rings. The lowest BCUT2D eigenvalue weighted by Gasteiger charge is -2.16. The molecule has 1 N–H and O–H groups in total. The highest BCUT2D eigenvalue weighted by Gasteiger charge is 2.16. The van der Waals surface area contributed by atoms with Crippen molar-refractivity contribution in [2.45, 2.75) is 65.0 Å². The Labute approximate surface area is 148 Å². The number of carbonyl (C=O) groups is 1. The summed E-state index contributed by atoms with van der Waals surface area (Å²) < 4.78 is 10.9. The van der Waals surface area contributed by atoms with Gasteiger partial charge in [-0.3, -0.25) is 4.79 Å². The summed E-state index contributed by atoms with van der Waals surface area (Å²) >= 11 is 0. The van der Waals surface area contributed by atoms with Gasteiger partial charge in [0, 0.05) is 11.6 Å². The first-order valence-electron chi connectivity index (χ1n) is 9.09. The third-order valence-electron chi connectivity index (χ3n) is 4.87. The van der Waals surface area contributed by atoms with E-state index in [9.17, 15) is 4.79 Å². The summed E-state index contributed by atoms with van der Waals surface area (Å²) in [5.41, 5.74) is 2.49. The van der Waals surface area contributed by atoms with Gasteiger partial charge < -0.3 is 14.6 Å².